The Balaban J connectivity index is 1.20. The molecule has 0 bridgehead atoms. The first-order valence-electron chi connectivity index (χ1n) is 11.5. The minimum atomic E-state index is -0.140. The van der Waals surface area contributed by atoms with Gasteiger partial charge in [0.15, 0.2) is 0 Å². The van der Waals surface area contributed by atoms with Crippen LogP contribution in [-0.2, 0) is 13.2 Å². The van der Waals surface area contributed by atoms with Gasteiger partial charge in [0, 0.05) is 35.8 Å². The van der Waals surface area contributed by atoms with Crippen molar-refractivity contribution in [3.8, 4) is 11.4 Å². The van der Waals surface area contributed by atoms with Crippen LogP contribution in [0.25, 0.3) is 11.3 Å². The van der Waals surface area contributed by atoms with Gasteiger partial charge in [0.25, 0.3) is 5.91 Å². The molecule has 7 heteroatoms. The first-order chi connectivity index (χ1) is 17.0. The predicted molar refractivity (Wildman–Crippen MR) is 135 cm³/mol. The van der Waals surface area contributed by atoms with Crippen molar-refractivity contribution in [1.29, 1.82) is 0 Å². The molecular weight excluding hydrogens is 438 g/mol. The average Bonchev–Trinajstić information content (AvgIpc) is 3.41. The Morgan fingerprint density at radius 1 is 0.943 bits per heavy atom. The van der Waals surface area contributed by atoms with Gasteiger partial charge in [-0.25, -0.2) is 9.67 Å². The van der Waals surface area contributed by atoms with Gasteiger partial charge in [0.2, 0.25) is 0 Å². The lowest BCUT2D eigenvalue weighted by Gasteiger charge is -2.08. The summed E-state index contributed by atoms with van der Waals surface area (Å²) in [5.74, 6) is 0.546. The van der Waals surface area contributed by atoms with Crippen molar-refractivity contribution in [2.75, 3.05) is 0 Å². The van der Waals surface area contributed by atoms with Crippen LogP contribution in [0.3, 0.4) is 0 Å². The van der Waals surface area contributed by atoms with E-state index in [-0.39, 0.29) is 5.91 Å². The first-order valence-corrected chi connectivity index (χ1v) is 11.5. The van der Waals surface area contributed by atoms with Crippen LogP contribution in [0.5, 0.6) is 5.75 Å². The number of fused-ring (bicyclic) bond motifs is 1. The summed E-state index contributed by atoms with van der Waals surface area (Å²) in [6.45, 7) is 6.80. The number of nitrogens with zero attached hydrogens (tertiary/aromatic N) is 4. The normalized spacial score (nSPS) is 11.1. The number of imidazole rings is 1. The van der Waals surface area contributed by atoms with E-state index in [0.717, 1.165) is 34.0 Å². The van der Waals surface area contributed by atoms with E-state index >= 15 is 0 Å². The number of aromatic nitrogens is 4. The molecule has 5 rings (SSSR count). The highest BCUT2D eigenvalue weighted by Crippen LogP contribution is 2.19. The standard InChI is InChI=1S/C28H27N5O2/c1-19-9-14-27-30-23(17-32(27)16-19)18-35-25-12-10-22(11-13-25)28(34)29-15-26-20(2)31-33(21(26)3)24-7-5-4-6-8-24/h4-14,16-17H,15,18H2,1-3H3,(H,29,34). The highest BCUT2D eigenvalue weighted by atomic mass is 16.5. The molecule has 0 aliphatic rings. The molecule has 1 amide bonds. The van der Waals surface area contributed by atoms with Gasteiger partial charge < -0.3 is 14.5 Å². The second-order valence-electron chi connectivity index (χ2n) is 8.60. The Morgan fingerprint density at radius 2 is 1.71 bits per heavy atom. The van der Waals surface area contributed by atoms with Crippen molar-refractivity contribution < 1.29 is 9.53 Å². The van der Waals surface area contributed by atoms with Crippen molar-refractivity contribution in [3.63, 3.8) is 0 Å². The molecule has 0 spiro atoms. The number of benzene rings is 2. The molecule has 0 aliphatic heterocycles. The molecule has 5 aromatic rings. The predicted octanol–water partition coefficient (Wildman–Crippen LogP) is 4.95. The molecule has 0 aliphatic carbocycles. The Labute approximate surface area is 204 Å². The molecule has 0 atom stereocenters. The third-order valence-corrected chi connectivity index (χ3v) is 6.02. The molecule has 0 fully saturated rings. The van der Waals surface area contributed by atoms with E-state index in [1.165, 1.54) is 5.56 Å². The smallest absolute Gasteiger partial charge is 0.251 e. The highest BCUT2D eigenvalue weighted by Gasteiger charge is 2.14. The second kappa shape index (κ2) is 9.46. The second-order valence-corrected chi connectivity index (χ2v) is 8.60. The van der Waals surface area contributed by atoms with Gasteiger partial charge in [-0.2, -0.15) is 5.10 Å². The van der Waals surface area contributed by atoms with Gasteiger partial charge in [-0.15, -0.1) is 0 Å². The zero-order valence-electron chi connectivity index (χ0n) is 20.0. The van der Waals surface area contributed by atoms with Crippen LogP contribution in [0.2, 0.25) is 0 Å². The lowest BCUT2D eigenvalue weighted by Crippen LogP contribution is -2.23. The highest BCUT2D eigenvalue weighted by molar-refractivity contribution is 5.94. The summed E-state index contributed by atoms with van der Waals surface area (Å²) in [4.78, 5) is 17.3. The molecule has 7 nitrogen and oxygen atoms in total. The Kier molecular flexibility index (Phi) is 6.06. The summed E-state index contributed by atoms with van der Waals surface area (Å²) >= 11 is 0. The Bertz CT molecular complexity index is 1480. The number of hydrogen-bond acceptors (Lipinski definition) is 4. The van der Waals surface area contributed by atoms with Crippen LogP contribution in [0, 0.1) is 20.8 Å². The van der Waals surface area contributed by atoms with Crippen molar-refractivity contribution >= 4 is 11.6 Å². The Hall–Kier alpha value is -4.39. The number of para-hydroxylation sites is 1. The van der Waals surface area contributed by atoms with E-state index in [1.807, 2.05) is 84.7 Å². The Morgan fingerprint density at radius 3 is 2.49 bits per heavy atom. The largest absolute Gasteiger partial charge is 0.487 e. The van der Waals surface area contributed by atoms with Crippen LogP contribution in [0.4, 0.5) is 0 Å². The number of aryl methyl sites for hydroxylation is 2. The van der Waals surface area contributed by atoms with Crippen LogP contribution in [-0.4, -0.2) is 25.1 Å². The summed E-state index contributed by atoms with van der Waals surface area (Å²) in [7, 11) is 0. The zero-order valence-corrected chi connectivity index (χ0v) is 20.0. The maximum atomic E-state index is 12.7. The van der Waals surface area contributed by atoms with Crippen molar-refractivity contribution in [2.45, 2.75) is 33.9 Å². The molecule has 2 aromatic carbocycles. The molecule has 1 N–H and O–H groups in total. The monoisotopic (exact) mass is 465 g/mol. The molecule has 0 radical (unpaired) electrons. The van der Waals surface area contributed by atoms with Crippen LogP contribution >= 0.6 is 0 Å². The number of amides is 1. The van der Waals surface area contributed by atoms with Gasteiger partial charge in [-0.05, 0) is 68.8 Å². The van der Waals surface area contributed by atoms with Gasteiger partial charge in [-0.1, -0.05) is 24.3 Å². The van der Waals surface area contributed by atoms with E-state index in [4.69, 9.17) is 4.74 Å². The fourth-order valence-electron chi connectivity index (χ4n) is 4.11. The van der Waals surface area contributed by atoms with Crippen LogP contribution < -0.4 is 10.1 Å². The first kappa shape index (κ1) is 22.4. The summed E-state index contributed by atoms with van der Waals surface area (Å²) in [6.07, 6.45) is 4.00. The van der Waals surface area contributed by atoms with Crippen LogP contribution in [0.15, 0.2) is 79.1 Å². The third-order valence-electron chi connectivity index (χ3n) is 6.02. The van der Waals surface area contributed by atoms with E-state index in [0.29, 0.717) is 24.5 Å². The molecule has 3 heterocycles. The van der Waals surface area contributed by atoms with E-state index in [2.05, 4.69) is 15.4 Å². The number of hydrogen-bond donors (Lipinski definition) is 1. The van der Waals surface area contributed by atoms with Crippen molar-refractivity contribution in [3.05, 3.63) is 113 Å². The SMILES string of the molecule is Cc1ccc2nc(COc3ccc(C(=O)NCc4c(C)nn(-c5ccccc5)c4C)cc3)cn2c1. The summed E-state index contributed by atoms with van der Waals surface area (Å²) in [5.41, 5.74) is 7.42. The zero-order chi connectivity index (χ0) is 24.4. The molecule has 0 saturated heterocycles. The van der Waals surface area contributed by atoms with Crippen molar-refractivity contribution in [1.82, 2.24) is 24.5 Å². The lowest BCUT2D eigenvalue weighted by atomic mass is 10.1. The number of rotatable bonds is 7. The van der Waals surface area contributed by atoms with Gasteiger partial charge in [0.05, 0.1) is 17.1 Å². The third kappa shape index (κ3) is 4.80. The van der Waals surface area contributed by atoms with Crippen LogP contribution in [0.1, 0.15) is 38.6 Å². The maximum Gasteiger partial charge on any atom is 0.251 e. The number of carbonyl (C=O) groups is 1. The summed E-state index contributed by atoms with van der Waals surface area (Å²) in [5, 5.41) is 7.66. The summed E-state index contributed by atoms with van der Waals surface area (Å²) < 4.78 is 9.78. The molecule has 176 valence electrons. The maximum absolute atomic E-state index is 12.7. The molecule has 0 unspecified atom stereocenters. The minimum Gasteiger partial charge on any atom is -0.487 e. The number of carbonyl (C=O) groups excluding carboxylic acids is 1. The molecule has 3 aromatic heterocycles. The minimum absolute atomic E-state index is 0.140. The van der Waals surface area contributed by atoms with Gasteiger partial charge in [-0.3, -0.25) is 4.79 Å². The fourth-order valence-corrected chi connectivity index (χ4v) is 4.11. The number of ether oxygens (including phenoxy) is 1. The quantitative estimate of drug-likeness (QED) is 0.369. The fraction of sp³-hybridized carbons (Fsp3) is 0.179. The van der Waals surface area contributed by atoms with Crippen molar-refractivity contribution in [2.24, 2.45) is 0 Å². The molecular formula is C28H27N5O2. The van der Waals surface area contributed by atoms with E-state index in [1.54, 1.807) is 24.3 Å². The van der Waals surface area contributed by atoms with E-state index in [9.17, 15) is 4.79 Å². The van der Waals surface area contributed by atoms with Gasteiger partial charge >= 0.3 is 0 Å². The topological polar surface area (TPSA) is 73.4 Å². The lowest BCUT2D eigenvalue weighted by molar-refractivity contribution is 0.0951. The average molecular weight is 466 g/mol. The van der Waals surface area contributed by atoms with Gasteiger partial charge in [0.1, 0.15) is 18.0 Å². The summed E-state index contributed by atoms with van der Waals surface area (Å²) in [6, 6.07) is 21.1. The molecule has 0 saturated carbocycles. The molecule has 35 heavy (non-hydrogen) atoms. The number of pyridine rings is 1. The van der Waals surface area contributed by atoms with E-state index < -0.39 is 0 Å². The number of nitrogens with one attached hydrogen (secondary N) is 1.